The van der Waals surface area contributed by atoms with E-state index >= 15 is 0 Å². The van der Waals surface area contributed by atoms with Crippen molar-refractivity contribution in [1.29, 1.82) is 0 Å². The number of hydrogen-bond donors (Lipinski definition) is 0. The molecule has 0 saturated carbocycles. The zero-order chi connectivity index (χ0) is 19.6. The van der Waals surface area contributed by atoms with Crippen LogP contribution in [0, 0.1) is 0 Å². The fraction of sp³-hybridized carbons (Fsp3) is 0.211. The molecule has 2 atom stereocenters. The van der Waals surface area contributed by atoms with Gasteiger partial charge in [-0.1, -0.05) is 0 Å². The first-order valence-corrected chi connectivity index (χ1v) is 11.3. The third-order valence-corrected chi connectivity index (χ3v) is 5.87. The van der Waals surface area contributed by atoms with E-state index in [-0.39, 0.29) is 0 Å². The first-order chi connectivity index (χ1) is 12.9. The van der Waals surface area contributed by atoms with Gasteiger partial charge < -0.3 is 14.0 Å². The second kappa shape index (κ2) is 8.26. The molecule has 0 fully saturated rings. The number of anilines is 1. The summed E-state index contributed by atoms with van der Waals surface area (Å²) in [5.41, 5.74) is 3.03. The van der Waals surface area contributed by atoms with Crippen LogP contribution in [0.5, 0.6) is 0 Å². The lowest BCUT2D eigenvalue weighted by Gasteiger charge is -2.14. The molecule has 0 radical (unpaired) electrons. The van der Waals surface area contributed by atoms with Gasteiger partial charge in [0.25, 0.3) is 0 Å². The van der Waals surface area contributed by atoms with Gasteiger partial charge in [0, 0.05) is 25.2 Å². The molecule has 27 heavy (non-hydrogen) atoms. The van der Waals surface area contributed by atoms with Crippen LogP contribution in [0.3, 0.4) is 0 Å². The Morgan fingerprint density at radius 3 is 1.56 bits per heavy atom. The predicted octanol–water partition coefficient (Wildman–Crippen LogP) is 2.75. The summed E-state index contributed by atoms with van der Waals surface area (Å²) < 4.78 is 23.3. The van der Waals surface area contributed by atoms with Crippen LogP contribution in [0.4, 0.5) is 5.95 Å². The molecule has 0 aliphatic heterocycles. The van der Waals surface area contributed by atoms with Crippen molar-refractivity contribution in [1.82, 2.24) is 15.2 Å². The highest BCUT2D eigenvalue weighted by molar-refractivity contribution is 7.91. The molecule has 0 amide bonds. The lowest BCUT2D eigenvalue weighted by atomic mass is 10.0. The van der Waals surface area contributed by atoms with Gasteiger partial charge in [-0.2, -0.15) is 0 Å². The number of benzene rings is 2. The van der Waals surface area contributed by atoms with Crippen LogP contribution < -0.4 is 4.90 Å². The summed E-state index contributed by atoms with van der Waals surface area (Å²) in [5.74, 6) is 0.503. The van der Waals surface area contributed by atoms with E-state index in [1.54, 1.807) is 17.4 Å². The Hall–Kier alpha value is -2.13. The Morgan fingerprint density at radius 1 is 0.704 bits per heavy atom. The molecule has 0 saturated heterocycles. The minimum absolute atomic E-state index is 0.503. The number of hydrogen-bond acceptors (Lipinski definition) is 6. The van der Waals surface area contributed by atoms with E-state index in [1.165, 1.54) is 0 Å². The second-order valence-electron chi connectivity index (χ2n) is 6.16. The molecule has 3 aromatic rings. The van der Waals surface area contributed by atoms with Gasteiger partial charge in [-0.25, -0.2) is 4.98 Å². The minimum Gasteiger partial charge on any atom is -0.612 e. The van der Waals surface area contributed by atoms with Gasteiger partial charge in [-0.05, 0) is 70.9 Å². The Morgan fingerprint density at radius 2 is 1.15 bits per heavy atom. The average Bonchev–Trinajstić information content (AvgIpc) is 2.67. The molecule has 1 heterocycles. The van der Waals surface area contributed by atoms with Crippen molar-refractivity contribution in [3.05, 3.63) is 48.5 Å². The normalized spacial score (nSPS) is 13.3. The Bertz CT molecular complexity index is 914. The summed E-state index contributed by atoms with van der Waals surface area (Å²) in [6.07, 6.45) is 3.29. The van der Waals surface area contributed by atoms with Crippen molar-refractivity contribution in [2.45, 2.75) is 9.79 Å². The van der Waals surface area contributed by atoms with Crippen molar-refractivity contribution in [3.8, 4) is 22.5 Å². The Kier molecular flexibility index (Phi) is 6.01. The van der Waals surface area contributed by atoms with Crippen LogP contribution in [0.1, 0.15) is 0 Å². The fourth-order valence-electron chi connectivity index (χ4n) is 2.51. The molecular weight excluding hydrogens is 380 g/mol. The van der Waals surface area contributed by atoms with Crippen molar-refractivity contribution >= 4 is 28.3 Å². The third kappa shape index (κ3) is 4.41. The highest BCUT2D eigenvalue weighted by atomic mass is 32.2. The Labute approximate surface area is 165 Å². The van der Waals surface area contributed by atoms with Crippen molar-refractivity contribution in [2.75, 3.05) is 31.5 Å². The van der Waals surface area contributed by atoms with E-state index in [9.17, 15) is 9.11 Å². The Balaban J connectivity index is 2.10. The molecule has 3 rings (SSSR count). The summed E-state index contributed by atoms with van der Waals surface area (Å²) in [7, 11) is 3.71. The molecule has 2 aromatic carbocycles. The summed E-state index contributed by atoms with van der Waals surface area (Å²) in [5, 5.41) is 8.59. The highest BCUT2D eigenvalue weighted by Gasteiger charge is 2.16. The third-order valence-electron chi connectivity index (χ3n) is 3.99. The van der Waals surface area contributed by atoms with Crippen LogP contribution in [-0.4, -0.2) is 50.9 Å². The molecule has 0 spiro atoms. The maximum Gasteiger partial charge on any atom is 0.245 e. The monoisotopic (exact) mass is 400 g/mol. The number of aromatic nitrogens is 3. The van der Waals surface area contributed by atoms with E-state index in [4.69, 9.17) is 0 Å². The van der Waals surface area contributed by atoms with E-state index in [1.807, 2.05) is 62.6 Å². The maximum absolute atomic E-state index is 11.7. The zero-order valence-electron chi connectivity index (χ0n) is 15.5. The molecule has 0 aliphatic carbocycles. The molecule has 6 nitrogen and oxygen atoms in total. The SMILES string of the molecule is CN(C)c1nnc(-c2ccc([S+](C)[O-])cc2)c(-c2ccc([S+](C)[O-])cc2)n1. The summed E-state index contributed by atoms with van der Waals surface area (Å²) >= 11 is -2.08. The summed E-state index contributed by atoms with van der Waals surface area (Å²) in [6, 6.07) is 14.8. The lowest BCUT2D eigenvalue weighted by Crippen LogP contribution is -2.14. The molecule has 0 aliphatic rings. The summed E-state index contributed by atoms with van der Waals surface area (Å²) in [4.78, 5) is 7.96. The molecule has 0 bridgehead atoms. The van der Waals surface area contributed by atoms with E-state index in [0.29, 0.717) is 17.3 Å². The smallest absolute Gasteiger partial charge is 0.245 e. The standard InChI is InChI=1S/C19H20N4O2S2/c1-23(2)19-20-17(13-5-9-15(10-6-13)26(3)24)18(21-22-19)14-7-11-16(12-8-14)27(4)25/h5-12H,1-4H3. The van der Waals surface area contributed by atoms with Gasteiger partial charge in [0.05, 0.1) is 0 Å². The van der Waals surface area contributed by atoms with Crippen molar-refractivity contribution in [2.24, 2.45) is 0 Å². The predicted molar refractivity (Wildman–Crippen MR) is 110 cm³/mol. The van der Waals surface area contributed by atoms with Gasteiger partial charge in [0.2, 0.25) is 5.95 Å². The highest BCUT2D eigenvalue weighted by Crippen LogP contribution is 2.30. The van der Waals surface area contributed by atoms with E-state index < -0.39 is 22.4 Å². The van der Waals surface area contributed by atoms with Crippen molar-refractivity contribution < 1.29 is 9.11 Å². The van der Waals surface area contributed by atoms with Gasteiger partial charge in [-0.3, -0.25) is 0 Å². The number of rotatable bonds is 5. The largest absolute Gasteiger partial charge is 0.612 e. The average molecular weight is 401 g/mol. The first kappa shape index (κ1) is 19.6. The van der Waals surface area contributed by atoms with Crippen LogP contribution in [0.2, 0.25) is 0 Å². The van der Waals surface area contributed by atoms with E-state index in [0.717, 1.165) is 20.9 Å². The molecule has 140 valence electrons. The maximum atomic E-state index is 11.7. The van der Waals surface area contributed by atoms with Crippen molar-refractivity contribution in [3.63, 3.8) is 0 Å². The quantitative estimate of drug-likeness (QED) is 0.612. The zero-order valence-corrected chi connectivity index (χ0v) is 17.2. The lowest BCUT2D eigenvalue weighted by molar-refractivity contribution is 0.600. The van der Waals surface area contributed by atoms with Gasteiger partial charge >= 0.3 is 0 Å². The van der Waals surface area contributed by atoms with Gasteiger partial charge in [0.1, 0.15) is 23.9 Å². The van der Waals surface area contributed by atoms with Crippen LogP contribution >= 0.6 is 0 Å². The van der Waals surface area contributed by atoms with Gasteiger partial charge in [-0.15, -0.1) is 10.2 Å². The van der Waals surface area contributed by atoms with Crippen LogP contribution in [0.25, 0.3) is 22.5 Å². The first-order valence-electron chi connectivity index (χ1n) is 8.16. The second-order valence-corrected chi connectivity index (χ2v) is 8.92. The topological polar surface area (TPSA) is 88.0 Å². The molecule has 0 N–H and O–H groups in total. The molecule has 8 heteroatoms. The summed E-state index contributed by atoms with van der Waals surface area (Å²) in [6.45, 7) is 0. The molecule has 2 unspecified atom stereocenters. The fourth-order valence-corrected chi connectivity index (χ4v) is 3.55. The molecular formula is C19H20N4O2S2. The number of nitrogens with zero attached hydrogens (tertiary/aromatic N) is 4. The van der Waals surface area contributed by atoms with Crippen LogP contribution in [0.15, 0.2) is 58.3 Å². The van der Waals surface area contributed by atoms with E-state index in [2.05, 4.69) is 15.2 Å². The minimum atomic E-state index is -1.04. The van der Waals surface area contributed by atoms with Gasteiger partial charge in [0.15, 0.2) is 9.79 Å². The van der Waals surface area contributed by atoms with Crippen LogP contribution in [-0.2, 0) is 22.4 Å². The molecule has 1 aromatic heterocycles.